The highest BCUT2D eigenvalue weighted by atomic mass is 16.6. The summed E-state index contributed by atoms with van der Waals surface area (Å²) in [6.45, 7) is 4.66. The Morgan fingerprint density at radius 3 is 2.65 bits per heavy atom. The summed E-state index contributed by atoms with van der Waals surface area (Å²) in [7, 11) is 1.60. The summed E-state index contributed by atoms with van der Waals surface area (Å²) in [5, 5.41) is 4.19. The van der Waals surface area contributed by atoms with E-state index in [4.69, 9.17) is 9.57 Å². The molecule has 5 heteroatoms. The fourth-order valence-corrected chi connectivity index (χ4v) is 2.89. The third-order valence-corrected chi connectivity index (χ3v) is 4.24. The Kier molecular flexibility index (Phi) is 5.69. The number of hydrogen-bond acceptors (Lipinski definition) is 4. The average molecular weight is 350 g/mol. The van der Waals surface area contributed by atoms with E-state index in [0.29, 0.717) is 25.1 Å². The van der Waals surface area contributed by atoms with Crippen molar-refractivity contribution < 1.29 is 14.4 Å². The monoisotopic (exact) mass is 350 g/mol. The number of ether oxygens (including phenoxy) is 1. The Morgan fingerprint density at radius 2 is 2.00 bits per heavy atom. The average Bonchev–Trinajstić information content (AvgIpc) is 3.16. The number of oxime groups is 1. The van der Waals surface area contributed by atoms with Gasteiger partial charge in [0.25, 0.3) is 5.91 Å². The number of hydrogen-bond donors (Lipinski definition) is 0. The summed E-state index contributed by atoms with van der Waals surface area (Å²) in [5.41, 5.74) is 2.56. The van der Waals surface area contributed by atoms with Crippen molar-refractivity contribution in [1.29, 1.82) is 0 Å². The molecule has 3 rings (SSSR count). The highest BCUT2D eigenvalue weighted by Crippen LogP contribution is 2.19. The van der Waals surface area contributed by atoms with E-state index >= 15 is 0 Å². The summed E-state index contributed by atoms with van der Waals surface area (Å²) in [6, 6.07) is 17.0. The maximum Gasteiger partial charge on any atom is 0.254 e. The molecule has 0 saturated carbocycles. The van der Waals surface area contributed by atoms with Gasteiger partial charge in [-0.25, -0.2) is 0 Å². The van der Waals surface area contributed by atoms with E-state index in [-0.39, 0.29) is 12.0 Å². The van der Waals surface area contributed by atoms with Crippen LogP contribution in [0.15, 0.2) is 72.4 Å². The molecule has 0 radical (unpaired) electrons. The predicted molar refractivity (Wildman–Crippen MR) is 102 cm³/mol. The first-order chi connectivity index (χ1) is 12.7. The van der Waals surface area contributed by atoms with Gasteiger partial charge >= 0.3 is 0 Å². The fraction of sp³-hybridized carbons (Fsp3) is 0.238. The smallest absolute Gasteiger partial charge is 0.254 e. The number of benzene rings is 2. The lowest BCUT2D eigenvalue weighted by atomic mass is 10.0. The summed E-state index contributed by atoms with van der Waals surface area (Å²) in [4.78, 5) is 20.1. The topological polar surface area (TPSA) is 51.1 Å². The van der Waals surface area contributed by atoms with Gasteiger partial charge in [0.05, 0.1) is 19.4 Å². The molecule has 0 saturated heterocycles. The summed E-state index contributed by atoms with van der Waals surface area (Å²) >= 11 is 0. The lowest BCUT2D eigenvalue weighted by Crippen LogP contribution is -2.37. The molecule has 1 aliphatic heterocycles. The van der Waals surface area contributed by atoms with E-state index < -0.39 is 0 Å². The van der Waals surface area contributed by atoms with Gasteiger partial charge in [0.15, 0.2) is 6.10 Å². The quantitative estimate of drug-likeness (QED) is 0.718. The van der Waals surface area contributed by atoms with Crippen LogP contribution in [0.25, 0.3) is 0 Å². The van der Waals surface area contributed by atoms with Crippen LogP contribution in [-0.2, 0) is 4.84 Å². The molecule has 2 aromatic rings. The van der Waals surface area contributed by atoms with Gasteiger partial charge in [0.1, 0.15) is 5.75 Å². The highest BCUT2D eigenvalue weighted by molar-refractivity contribution is 6.01. The van der Waals surface area contributed by atoms with E-state index in [0.717, 1.165) is 17.0 Å². The van der Waals surface area contributed by atoms with E-state index in [1.165, 1.54) is 0 Å². The first-order valence-electron chi connectivity index (χ1n) is 8.53. The number of amides is 1. The number of nitrogens with zero attached hydrogens (tertiary/aromatic N) is 2. The van der Waals surface area contributed by atoms with Crippen molar-refractivity contribution in [3.63, 3.8) is 0 Å². The summed E-state index contributed by atoms with van der Waals surface area (Å²) in [6.07, 6.45) is 2.23. The van der Waals surface area contributed by atoms with E-state index in [1.807, 2.05) is 30.3 Å². The molecule has 0 aliphatic carbocycles. The molecular formula is C21H22N2O3. The van der Waals surface area contributed by atoms with Gasteiger partial charge < -0.3 is 14.5 Å². The molecule has 1 atom stereocenters. The van der Waals surface area contributed by atoms with Crippen LogP contribution in [0.2, 0.25) is 0 Å². The fourth-order valence-electron chi connectivity index (χ4n) is 2.89. The minimum absolute atomic E-state index is 0.0654. The maximum absolute atomic E-state index is 12.8. The third-order valence-electron chi connectivity index (χ3n) is 4.24. The van der Waals surface area contributed by atoms with Gasteiger partial charge in [0, 0.05) is 18.5 Å². The third kappa shape index (κ3) is 4.11. The van der Waals surface area contributed by atoms with Crippen molar-refractivity contribution in [2.45, 2.75) is 12.5 Å². The molecule has 1 heterocycles. The van der Waals surface area contributed by atoms with E-state index in [2.05, 4.69) is 11.7 Å². The Bertz CT molecular complexity index is 785. The lowest BCUT2D eigenvalue weighted by molar-refractivity contribution is 0.0450. The van der Waals surface area contributed by atoms with Crippen LogP contribution in [0.1, 0.15) is 22.3 Å². The standard InChI is InChI=1S/C21H22N2O3/c1-3-13-23(21(24)17-9-11-18(25-2)12-10-17)15-19-14-20(22-26-19)16-7-5-4-6-8-16/h3-12,19H,1,13-15H2,2H3/t19-/m0/s1. The van der Waals surface area contributed by atoms with Gasteiger partial charge in [-0.15, -0.1) is 6.58 Å². The van der Waals surface area contributed by atoms with Crippen molar-refractivity contribution in [2.75, 3.05) is 20.2 Å². The molecule has 0 fully saturated rings. The summed E-state index contributed by atoms with van der Waals surface area (Å²) < 4.78 is 5.14. The number of methoxy groups -OCH3 is 1. The van der Waals surface area contributed by atoms with Crippen LogP contribution in [0.4, 0.5) is 0 Å². The van der Waals surface area contributed by atoms with Crippen LogP contribution in [-0.4, -0.2) is 42.8 Å². The molecule has 5 nitrogen and oxygen atoms in total. The van der Waals surface area contributed by atoms with Crippen LogP contribution < -0.4 is 4.74 Å². The second-order valence-corrected chi connectivity index (χ2v) is 6.06. The van der Waals surface area contributed by atoms with Crippen LogP contribution in [0.5, 0.6) is 5.75 Å². The second-order valence-electron chi connectivity index (χ2n) is 6.06. The predicted octanol–water partition coefficient (Wildman–Crippen LogP) is 3.52. The van der Waals surface area contributed by atoms with Gasteiger partial charge in [-0.05, 0) is 29.8 Å². The van der Waals surface area contributed by atoms with Crippen molar-refractivity contribution in [3.8, 4) is 5.75 Å². The van der Waals surface area contributed by atoms with Crippen LogP contribution in [0, 0.1) is 0 Å². The van der Waals surface area contributed by atoms with Gasteiger partial charge in [-0.1, -0.05) is 41.6 Å². The highest BCUT2D eigenvalue weighted by Gasteiger charge is 2.26. The minimum Gasteiger partial charge on any atom is -0.497 e. The molecule has 0 unspecified atom stereocenters. The molecule has 1 amide bonds. The minimum atomic E-state index is -0.160. The first-order valence-corrected chi connectivity index (χ1v) is 8.53. The zero-order chi connectivity index (χ0) is 18.4. The summed E-state index contributed by atoms with van der Waals surface area (Å²) in [5.74, 6) is 0.654. The van der Waals surface area contributed by atoms with Crippen molar-refractivity contribution in [3.05, 3.63) is 78.4 Å². The zero-order valence-electron chi connectivity index (χ0n) is 14.8. The van der Waals surface area contributed by atoms with Crippen LogP contribution >= 0.6 is 0 Å². The molecule has 0 N–H and O–H groups in total. The maximum atomic E-state index is 12.8. The SMILES string of the molecule is C=CCN(C[C@@H]1CC(c2ccccc2)=NO1)C(=O)c1ccc(OC)cc1. The number of carbonyl (C=O) groups excluding carboxylic acids is 1. The normalized spacial score (nSPS) is 15.7. The Labute approximate surface area is 153 Å². The van der Waals surface area contributed by atoms with Crippen molar-refractivity contribution in [1.82, 2.24) is 4.90 Å². The molecular weight excluding hydrogens is 328 g/mol. The molecule has 0 aromatic heterocycles. The molecule has 0 spiro atoms. The van der Waals surface area contributed by atoms with Crippen LogP contribution in [0.3, 0.4) is 0 Å². The second kappa shape index (κ2) is 8.34. The Balaban J connectivity index is 1.65. The van der Waals surface area contributed by atoms with Gasteiger partial charge in [0.2, 0.25) is 0 Å². The number of rotatable bonds is 7. The number of carbonyl (C=O) groups is 1. The molecule has 1 aliphatic rings. The zero-order valence-corrected chi connectivity index (χ0v) is 14.8. The first kappa shape index (κ1) is 17.7. The lowest BCUT2D eigenvalue weighted by Gasteiger charge is -2.23. The largest absolute Gasteiger partial charge is 0.497 e. The van der Waals surface area contributed by atoms with Gasteiger partial charge in [-0.3, -0.25) is 4.79 Å². The van der Waals surface area contributed by atoms with E-state index in [1.54, 1.807) is 42.4 Å². The van der Waals surface area contributed by atoms with E-state index in [9.17, 15) is 4.79 Å². The van der Waals surface area contributed by atoms with Gasteiger partial charge in [-0.2, -0.15) is 0 Å². The van der Waals surface area contributed by atoms with Crippen molar-refractivity contribution in [2.24, 2.45) is 5.16 Å². The molecule has 26 heavy (non-hydrogen) atoms. The van der Waals surface area contributed by atoms with Crippen molar-refractivity contribution >= 4 is 11.6 Å². The Morgan fingerprint density at radius 1 is 1.27 bits per heavy atom. The molecule has 134 valence electrons. The Hall–Kier alpha value is -3.08. The molecule has 2 aromatic carbocycles. The molecule has 0 bridgehead atoms.